The van der Waals surface area contributed by atoms with E-state index in [-0.39, 0.29) is 0 Å². The van der Waals surface area contributed by atoms with Gasteiger partial charge in [0.1, 0.15) is 0 Å². The zero-order chi connectivity index (χ0) is 18.2. The summed E-state index contributed by atoms with van der Waals surface area (Å²) in [5, 5.41) is 2.87. The molecule has 0 heteroatoms. The summed E-state index contributed by atoms with van der Waals surface area (Å²) in [6, 6.07) is 4.95. The molecule has 0 nitrogen and oxygen atoms in total. The normalized spacial score (nSPS) is 12.6. The van der Waals surface area contributed by atoms with Gasteiger partial charge in [0.25, 0.3) is 0 Å². The van der Waals surface area contributed by atoms with Crippen LogP contribution in [0.4, 0.5) is 0 Å². The van der Waals surface area contributed by atoms with E-state index in [4.69, 9.17) is 0 Å². The van der Waals surface area contributed by atoms with Gasteiger partial charge in [-0.1, -0.05) is 0 Å². The first-order chi connectivity index (χ1) is 11.7. The highest BCUT2D eigenvalue weighted by Crippen LogP contribution is 2.45. The average molecular weight is 328 g/mol. The second-order valence-electron chi connectivity index (χ2n) is 8.09. The molecule has 3 aromatic rings. The van der Waals surface area contributed by atoms with E-state index in [2.05, 4.69) is 67.5 Å². The van der Waals surface area contributed by atoms with Gasteiger partial charge in [-0.15, -0.1) is 0 Å². The molecule has 0 aromatic heterocycles. The van der Waals surface area contributed by atoms with Crippen molar-refractivity contribution in [3.63, 3.8) is 0 Å². The standard InChI is InChI=1S/C25H28/c1-12-13(2)17(6)22-11-24-20(9-21(22)16(12)5)10-23-18(7)14(3)15(4)19(8)25(23)24/h9,11H,10H2,1-8H3. The highest BCUT2D eigenvalue weighted by molar-refractivity contribution is 5.97. The molecule has 0 saturated carbocycles. The molecule has 0 spiro atoms. The zero-order valence-corrected chi connectivity index (χ0v) is 16.9. The molecule has 0 aliphatic heterocycles. The minimum absolute atomic E-state index is 1.08. The van der Waals surface area contributed by atoms with Crippen LogP contribution >= 0.6 is 0 Å². The van der Waals surface area contributed by atoms with Gasteiger partial charge in [0.15, 0.2) is 0 Å². The first kappa shape index (κ1) is 16.4. The Hall–Kier alpha value is -2.08. The zero-order valence-electron chi connectivity index (χ0n) is 16.9. The molecule has 3 aromatic carbocycles. The van der Waals surface area contributed by atoms with Crippen LogP contribution in [0.15, 0.2) is 12.1 Å². The molecular formula is C25H28. The molecule has 0 fully saturated rings. The van der Waals surface area contributed by atoms with E-state index in [9.17, 15) is 0 Å². The average Bonchev–Trinajstić information content (AvgIpc) is 2.98. The first-order valence-electron chi connectivity index (χ1n) is 9.36. The van der Waals surface area contributed by atoms with Crippen LogP contribution in [0, 0.1) is 55.4 Å². The molecule has 1 aliphatic carbocycles. The Balaban J connectivity index is 2.14. The molecule has 0 amide bonds. The molecule has 0 saturated heterocycles. The van der Waals surface area contributed by atoms with Crippen molar-refractivity contribution in [1.82, 2.24) is 0 Å². The second kappa shape index (κ2) is 5.21. The van der Waals surface area contributed by atoms with Crippen LogP contribution in [0.1, 0.15) is 55.6 Å². The largest absolute Gasteiger partial charge is 0.0499 e. The van der Waals surface area contributed by atoms with Crippen LogP contribution < -0.4 is 0 Å². The summed E-state index contributed by atoms with van der Waals surface area (Å²) in [4.78, 5) is 0. The van der Waals surface area contributed by atoms with Gasteiger partial charge in [-0.3, -0.25) is 0 Å². The molecule has 0 atom stereocenters. The van der Waals surface area contributed by atoms with Crippen molar-refractivity contribution in [1.29, 1.82) is 0 Å². The second-order valence-corrected chi connectivity index (χ2v) is 8.09. The maximum Gasteiger partial charge on any atom is -0.00104 e. The van der Waals surface area contributed by atoms with Gasteiger partial charge in [-0.25, -0.2) is 0 Å². The summed E-state index contributed by atoms with van der Waals surface area (Å²) < 4.78 is 0. The predicted octanol–water partition coefficient (Wildman–Crippen LogP) is 6.88. The van der Waals surface area contributed by atoms with Crippen molar-refractivity contribution in [2.24, 2.45) is 0 Å². The number of benzene rings is 3. The summed E-state index contributed by atoms with van der Waals surface area (Å²) >= 11 is 0. The number of rotatable bonds is 0. The van der Waals surface area contributed by atoms with E-state index in [1.807, 2.05) is 0 Å². The van der Waals surface area contributed by atoms with Crippen LogP contribution in [0.25, 0.3) is 21.9 Å². The fourth-order valence-corrected chi connectivity index (χ4v) is 4.78. The van der Waals surface area contributed by atoms with Crippen LogP contribution in [0.5, 0.6) is 0 Å². The van der Waals surface area contributed by atoms with Gasteiger partial charge < -0.3 is 0 Å². The molecule has 0 unspecified atom stereocenters. The monoisotopic (exact) mass is 328 g/mol. The Labute approximate surface area is 151 Å². The van der Waals surface area contributed by atoms with Crippen molar-refractivity contribution < 1.29 is 0 Å². The van der Waals surface area contributed by atoms with E-state index >= 15 is 0 Å². The third kappa shape index (κ3) is 2.00. The van der Waals surface area contributed by atoms with Crippen LogP contribution in [-0.4, -0.2) is 0 Å². The smallest absolute Gasteiger partial charge is 0.00104 e. The Kier molecular flexibility index (Phi) is 3.41. The van der Waals surface area contributed by atoms with Crippen molar-refractivity contribution in [2.75, 3.05) is 0 Å². The molecule has 0 bridgehead atoms. The molecule has 25 heavy (non-hydrogen) atoms. The third-order valence-electron chi connectivity index (χ3n) is 7.19. The van der Waals surface area contributed by atoms with Gasteiger partial charge in [0.05, 0.1) is 0 Å². The fourth-order valence-electron chi connectivity index (χ4n) is 4.78. The Morgan fingerprint density at radius 1 is 0.520 bits per heavy atom. The summed E-state index contributed by atoms with van der Waals surface area (Å²) in [6.07, 6.45) is 1.08. The molecule has 0 heterocycles. The summed E-state index contributed by atoms with van der Waals surface area (Å²) in [7, 11) is 0. The summed E-state index contributed by atoms with van der Waals surface area (Å²) in [6.45, 7) is 18.3. The Morgan fingerprint density at radius 3 is 1.60 bits per heavy atom. The van der Waals surface area contributed by atoms with Gasteiger partial charge >= 0.3 is 0 Å². The Bertz CT molecular complexity index is 1080. The quantitative estimate of drug-likeness (QED) is 0.330. The lowest BCUT2D eigenvalue weighted by atomic mass is 9.87. The van der Waals surface area contributed by atoms with E-state index < -0.39 is 0 Å². The lowest BCUT2D eigenvalue weighted by Crippen LogP contribution is -1.98. The lowest BCUT2D eigenvalue weighted by Gasteiger charge is -2.17. The SMILES string of the molecule is Cc1c(C)c(C)c2c(c1C)Cc1cc3c(C)c(C)c(C)c(C)c3cc1-2. The predicted molar refractivity (Wildman–Crippen MR) is 110 cm³/mol. The van der Waals surface area contributed by atoms with Gasteiger partial charge in [-0.05, 0) is 151 Å². The van der Waals surface area contributed by atoms with Crippen LogP contribution in [0.3, 0.4) is 0 Å². The minimum atomic E-state index is 1.08. The number of fused-ring (bicyclic) bond motifs is 4. The highest BCUT2D eigenvalue weighted by atomic mass is 14.3. The maximum absolute atomic E-state index is 2.48. The third-order valence-corrected chi connectivity index (χ3v) is 7.19. The first-order valence-corrected chi connectivity index (χ1v) is 9.36. The van der Waals surface area contributed by atoms with Gasteiger partial charge in [-0.2, -0.15) is 0 Å². The minimum Gasteiger partial charge on any atom is -0.0499 e. The van der Waals surface area contributed by atoms with Crippen molar-refractivity contribution in [3.8, 4) is 11.1 Å². The van der Waals surface area contributed by atoms with Crippen molar-refractivity contribution in [2.45, 2.75) is 61.8 Å². The van der Waals surface area contributed by atoms with E-state index in [1.54, 1.807) is 5.56 Å². The number of hydrogen-bond acceptors (Lipinski definition) is 0. The van der Waals surface area contributed by atoms with Crippen molar-refractivity contribution in [3.05, 3.63) is 67.8 Å². The lowest BCUT2D eigenvalue weighted by molar-refractivity contribution is 1.15. The molecule has 0 N–H and O–H groups in total. The summed E-state index contributed by atoms with van der Waals surface area (Å²) in [5.74, 6) is 0. The Morgan fingerprint density at radius 2 is 1.00 bits per heavy atom. The van der Waals surface area contributed by atoms with E-state index in [0.29, 0.717) is 0 Å². The van der Waals surface area contributed by atoms with Crippen molar-refractivity contribution >= 4 is 10.8 Å². The number of hydrogen-bond donors (Lipinski definition) is 0. The van der Waals surface area contributed by atoms with Crippen LogP contribution in [-0.2, 0) is 6.42 Å². The molecule has 1 aliphatic rings. The number of aryl methyl sites for hydroxylation is 2. The molecule has 4 rings (SSSR count). The summed E-state index contributed by atoms with van der Waals surface area (Å²) in [5.41, 5.74) is 17.7. The van der Waals surface area contributed by atoms with Crippen LogP contribution in [0.2, 0.25) is 0 Å². The maximum atomic E-state index is 2.48. The highest BCUT2D eigenvalue weighted by Gasteiger charge is 2.26. The van der Waals surface area contributed by atoms with E-state index in [0.717, 1.165) is 6.42 Å². The van der Waals surface area contributed by atoms with E-state index in [1.165, 1.54) is 72.0 Å². The van der Waals surface area contributed by atoms with Gasteiger partial charge in [0, 0.05) is 0 Å². The molecule has 0 radical (unpaired) electrons. The topological polar surface area (TPSA) is 0 Å². The molecule has 128 valence electrons. The van der Waals surface area contributed by atoms with Gasteiger partial charge in [0.2, 0.25) is 0 Å². The molecular weight excluding hydrogens is 300 g/mol. The fraction of sp³-hybridized carbons (Fsp3) is 0.360.